The van der Waals surface area contributed by atoms with Gasteiger partial charge in [0.15, 0.2) is 0 Å². The standard InChI is InChI=1S/C13H9BrO5S/c14-10-3-2-8(5-9(10)12(15)16)20-6-7-1-4-11(19-7)13(17)18/h1-5H,6H2,(H,15,16)(H,17,18). The number of hydrogen-bond donors (Lipinski definition) is 2. The van der Waals surface area contributed by atoms with Crippen LogP contribution in [0.2, 0.25) is 0 Å². The number of furan rings is 1. The van der Waals surface area contributed by atoms with E-state index in [-0.39, 0.29) is 11.3 Å². The zero-order valence-electron chi connectivity index (χ0n) is 10.00. The van der Waals surface area contributed by atoms with E-state index in [1.807, 2.05) is 0 Å². The highest BCUT2D eigenvalue weighted by atomic mass is 79.9. The number of aromatic carboxylic acids is 2. The number of carboxylic acids is 2. The van der Waals surface area contributed by atoms with E-state index in [0.717, 1.165) is 4.90 Å². The fourth-order valence-corrected chi connectivity index (χ4v) is 2.73. The van der Waals surface area contributed by atoms with Gasteiger partial charge in [-0.15, -0.1) is 11.8 Å². The van der Waals surface area contributed by atoms with E-state index in [0.29, 0.717) is 16.0 Å². The molecule has 0 unspecified atom stereocenters. The topological polar surface area (TPSA) is 87.7 Å². The number of benzene rings is 1. The van der Waals surface area contributed by atoms with E-state index in [1.54, 1.807) is 24.3 Å². The van der Waals surface area contributed by atoms with E-state index in [2.05, 4.69) is 15.9 Å². The molecule has 1 aromatic carbocycles. The lowest BCUT2D eigenvalue weighted by Crippen LogP contribution is -1.97. The van der Waals surface area contributed by atoms with Gasteiger partial charge >= 0.3 is 11.9 Å². The molecule has 20 heavy (non-hydrogen) atoms. The second-order valence-electron chi connectivity index (χ2n) is 3.81. The molecule has 1 aromatic heterocycles. The largest absolute Gasteiger partial charge is 0.478 e. The zero-order chi connectivity index (χ0) is 14.7. The molecule has 0 bridgehead atoms. The lowest BCUT2D eigenvalue weighted by atomic mass is 10.2. The summed E-state index contributed by atoms with van der Waals surface area (Å²) in [5.41, 5.74) is 0.181. The predicted molar refractivity (Wildman–Crippen MR) is 76.3 cm³/mol. The normalized spacial score (nSPS) is 10.4. The van der Waals surface area contributed by atoms with Crippen molar-refractivity contribution in [1.29, 1.82) is 0 Å². The van der Waals surface area contributed by atoms with Gasteiger partial charge in [0.1, 0.15) is 5.76 Å². The van der Waals surface area contributed by atoms with E-state index < -0.39 is 11.9 Å². The Hall–Kier alpha value is -1.73. The van der Waals surface area contributed by atoms with Crippen LogP contribution in [-0.4, -0.2) is 22.2 Å². The monoisotopic (exact) mass is 356 g/mol. The Morgan fingerprint density at radius 1 is 1.15 bits per heavy atom. The van der Waals surface area contributed by atoms with E-state index >= 15 is 0 Å². The van der Waals surface area contributed by atoms with Crippen LogP contribution in [-0.2, 0) is 5.75 Å². The Balaban J connectivity index is 2.08. The zero-order valence-corrected chi connectivity index (χ0v) is 12.4. The fraction of sp³-hybridized carbons (Fsp3) is 0.0769. The second-order valence-corrected chi connectivity index (χ2v) is 5.71. The first kappa shape index (κ1) is 14.7. The molecule has 2 rings (SSSR count). The molecule has 0 fully saturated rings. The minimum absolute atomic E-state index is 0.109. The molecule has 0 aliphatic heterocycles. The summed E-state index contributed by atoms with van der Waals surface area (Å²) in [4.78, 5) is 22.4. The first-order valence-corrected chi connectivity index (χ1v) is 7.23. The van der Waals surface area contributed by atoms with Gasteiger partial charge in [-0.3, -0.25) is 0 Å². The molecule has 0 saturated carbocycles. The Bertz CT molecular complexity index is 665. The number of hydrogen-bond acceptors (Lipinski definition) is 4. The molecule has 0 spiro atoms. The Labute approximate surface area is 126 Å². The summed E-state index contributed by atoms with van der Waals surface area (Å²) >= 11 is 4.54. The van der Waals surface area contributed by atoms with E-state index in [9.17, 15) is 9.59 Å². The lowest BCUT2D eigenvalue weighted by molar-refractivity contribution is 0.0658. The Morgan fingerprint density at radius 3 is 2.50 bits per heavy atom. The summed E-state index contributed by atoms with van der Waals surface area (Å²) in [6.07, 6.45) is 0. The average molecular weight is 357 g/mol. The van der Waals surface area contributed by atoms with Crippen molar-refractivity contribution in [2.75, 3.05) is 0 Å². The highest BCUT2D eigenvalue weighted by Crippen LogP contribution is 2.28. The van der Waals surface area contributed by atoms with Gasteiger partial charge in [0.05, 0.1) is 11.3 Å². The highest BCUT2D eigenvalue weighted by Gasteiger charge is 2.11. The third kappa shape index (κ3) is 3.43. The molecule has 0 saturated heterocycles. The van der Waals surface area contributed by atoms with Crippen LogP contribution in [0, 0.1) is 0 Å². The molecule has 7 heteroatoms. The van der Waals surface area contributed by atoms with Crippen molar-refractivity contribution in [3.63, 3.8) is 0 Å². The number of carboxylic acid groups (broad SMARTS) is 2. The maximum absolute atomic E-state index is 11.0. The molecular formula is C13H9BrO5S. The SMILES string of the molecule is O=C(O)c1ccc(CSc2ccc(Br)c(C(=O)O)c2)o1. The lowest BCUT2D eigenvalue weighted by Gasteiger charge is -2.03. The molecule has 5 nitrogen and oxygen atoms in total. The van der Waals surface area contributed by atoms with Gasteiger partial charge in [0.2, 0.25) is 5.76 Å². The summed E-state index contributed by atoms with van der Waals surface area (Å²) in [6.45, 7) is 0. The summed E-state index contributed by atoms with van der Waals surface area (Å²) in [7, 11) is 0. The number of rotatable bonds is 5. The molecule has 0 amide bonds. The first-order chi connectivity index (χ1) is 9.47. The number of thioether (sulfide) groups is 1. The molecule has 1 heterocycles. The maximum atomic E-state index is 11.0. The van der Waals surface area contributed by atoms with Gasteiger partial charge in [-0.2, -0.15) is 0 Å². The Morgan fingerprint density at radius 2 is 1.90 bits per heavy atom. The summed E-state index contributed by atoms with van der Waals surface area (Å²) in [5.74, 6) is -1.29. The van der Waals surface area contributed by atoms with Crippen molar-refractivity contribution in [2.45, 2.75) is 10.6 Å². The van der Waals surface area contributed by atoms with Crippen molar-refractivity contribution in [2.24, 2.45) is 0 Å². The minimum Gasteiger partial charge on any atom is -0.478 e. The van der Waals surface area contributed by atoms with Gasteiger partial charge in [-0.1, -0.05) is 0 Å². The number of carbonyl (C=O) groups is 2. The van der Waals surface area contributed by atoms with Gasteiger partial charge in [0, 0.05) is 9.37 Å². The van der Waals surface area contributed by atoms with Crippen molar-refractivity contribution < 1.29 is 24.2 Å². The minimum atomic E-state index is -1.11. The smallest absolute Gasteiger partial charge is 0.371 e. The van der Waals surface area contributed by atoms with Crippen LogP contribution >= 0.6 is 27.7 Å². The van der Waals surface area contributed by atoms with E-state index in [4.69, 9.17) is 14.6 Å². The Kier molecular flexibility index (Phi) is 4.51. The van der Waals surface area contributed by atoms with Crippen LogP contribution < -0.4 is 0 Å². The van der Waals surface area contributed by atoms with Crippen LogP contribution in [0.4, 0.5) is 0 Å². The van der Waals surface area contributed by atoms with Crippen LogP contribution in [0.3, 0.4) is 0 Å². The average Bonchev–Trinajstić information content (AvgIpc) is 2.86. The van der Waals surface area contributed by atoms with Crippen molar-refractivity contribution >= 4 is 39.6 Å². The molecule has 0 aliphatic rings. The summed E-state index contributed by atoms with van der Waals surface area (Å²) < 4.78 is 5.64. The van der Waals surface area contributed by atoms with Gasteiger partial charge in [0.25, 0.3) is 0 Å². The van der Waals surface area contributed by atoms with Crippen LogP contribution in [0.25, 0.3) is 0 Å². The van der Waals surface area contributed by atoms with Gasteiger partial charge in [-0.05, 0) is 46.3 Å². The van der Waals surface area contributed by atoms with Crippen molar-refractivity contribution in [3.05, 3.63) is 51.9 Å². The summed E-state index contributed by atoms with van der Waals surface area (Å²) in [6, 6.07) is 7.98. The number of halogens is 1. The van der Waals surface area contributed by atoms with Crippen molar-refractivity contribution in [3.8, 4) is 0 Å². The fourth-order valence-electron chi connectivity index (χ4n) is 1.48. The molecule has 0 atom stereocenters. The molecule has 0 aliphatic carbocycles. The van der Waals surface area contributed by atoms with E-state index in [1.165, 1.54) is 17.8 Å². The third-order valence-electron chi connectivity index (χ3n) is 2.42. The first-order valence-electron chi connectivity index (χ1n) is 5.45. The quantitative estimate of drug-likeness (QED) is 0.793. The van der Waals surface area contributed by atoms with Crippen LogP contribution in [0.5, 0.6) is 0 Å². The van der Waals surface area contributed by atoms with Gasteiger partial charge < -0.3 is 14.6 Å². The maximum Gasteiger partial charge on any atom is 0.371 e. The predicted octanol–water partition coefficient (Wildman–Crippen LogP) is 3.73. The molecule has 2 N–H and O–H groups in total. The molecule has 2 aromatic rings. The summed E-state index contributed by atoms with van der Waals surface area (Å²) in [5, 5.41) is 17.8. The third-order valence-corrected chi connectivity index (χ3v) is 4.13. The molecular weight excluding hydrogens is 348 g/mol. The molecule has 104 valence electrons. The highest BCUT2D eigenvalue weighted by molar-refractivity contribution is 9.10. The van der Waals surface area contributed by atoms with Gasteiger partial charge in [-0.25, -0.2) is 9.59 Å². The van der Waals surface area contributed by atoms with Crippen LogP contribution in [0.15, 0.2) is 44.1 Å². The second kappa shape index (κ2) is 6.15. The van der Waals surface area contributed by atoms with Crippen LogP contribution in [0.1, 0.15) is 26.7 Å². The van der Waals surface area contributed by atoms with Crippen molar-refractivity contribution in [1.82, 2.24) is 0 Å². The molecule has 0 radical (unpaired) electrons.